The van der Waals surface area contributed by atoms with Crippen molar-refractivity contribution in [3.05, 3.63) is 57.6 Å². The summed E-state index contributed by atoms with van der Waals surface area (Å²) in [6.45, 7) is 4.95. The minimum absolute atomic E-state index is 0.212. The number of rotatable bonds is 7. The first-order valence-corrected chi connectivity index (χ1v) is 10.1. The van der Waals surface area contributed by atoms with E-state index in [4.69, 9.17) is 16.1 Å². The van der Waals surface area contributed by atoms with Gasteiger partial charge in [-0.2, -0.15) is 4.98 Å². The van der Waals surface area contributed by atoms with E-state index in [1.807, 2.05) is 36.6 Å². The van der Waals surface area contributed by atoms with Gasteiger partial charge in [-0.1, -0.05) is 35.0 Å². The van der Waals surface area contributed by atoms with E-state index in [9.17, 15) is 5.11 Å². The highest BCUT2D eigenvalue weighted by molar-refractivity contribution is 7.10. The topological polar surface area (TPSA) is 95.6 Å². The van der Waals surface area contributed by atoms with Crippen LogP contribution < -0.4 is 10.6 Å². The van der Waals surface area contributed by atoms with Crippen LogP contribution in [0.2, 0.25) is 5.02 Å². The van der Waals surface area contributed by atoms with Gasteiger partial charge < -0.3 is 20.3 Å². The predicted molar refractivity (Wildman–Crippen MR) is 111 cm³/mol. The molecule has 2 aromatic heterocycles. The molecule has 0 aliphatic rings. The number of guanidine groups is 1. The van der Waals surface area contributed by atoms with Gasteiger partial charge in [-0.25, -0.2) is 4.99 Å². The second kappa shape index (κ2) is 9.18. The Bertz CT molecular complexity index is 924. The van der Waals surface area contributed by atoms with Gasteiger partial charge in [0.25, 0.3) is 0 Å². The summed E-state index contributed by atoms with van der Waals surface area (Å²) in [5.41, 5.74) is -0.210. The van der Waals surface area contributed by atoms with Gasteiger partial charge in [0.05, 0.1) is 6.54 Å². The first-order valence-electron chi connectivity index (χ1n) is 8.85. The van der Waals surface area contributed by atoms with Crippen molar-refractivity contribution in [3.63, 3.8) is 0 Å². The Hall–Kier alpha value is -2.42. The molecule has 0 spiro atoms. The number of halogens is 1. The van der Waals surface area contributed by atoms with E-state index in [1.54, 1.807) is 19.1 Å². The number of nitrogens with zero attached hydrogens (tertiary/aromatic N) is 3. The number of hydrogen-bond donors (Lipinski definition) is 3. The first kappa shape index (κ1) is 20.3. The molecule has 7 nitrogen and oxygen atoms in total. The van der Waals surface area contributed by atoms with Gasteiger partial charge in [-0.05, 0) is 37.4 Å². The molecule has 0 aliphatic carbocycles. The largest absolute Gasteiger partial charge is 0.383 e. The van der Waals surface area contributed by atoms with Crippen LogP contribution in [0.25, 0.3) is 11.4 Å². The number of aliphatic hydroxyl groups is 1. The minimum atomic E-state index is -0.991. The monoisotopic (exact) mass is 419 g/mol. The third kappa shape index (κ3) is 5.31. The maximum absolute atomic E-state index is 10.6. The summed E-state index contributed by atoms with van der Waals surface area (Å²) in [4.78, 5) is 9.70. The van der Waals surface area contributed by atoms with Crippen LogP contribution in [0.3, 0.4) is 0 Å². The lowest BCUT2D eigenvalue weighted by molar-refractivity contribution is 0.0655. The fourth-order valence-electron chi connectivity index (χ4n) is 2.48. The van der Waals surface area contributed by atoms with Crippen molar-refractivity contribution in [2.45, 2.75) is 26.0 Å². The van der Waals surface area contributed by atoms with E-state index in [1.165, 1.54) is 11.3 Å². The number of thiophene rings is 1. The zero-order valence-corrected chi connectivity index (χ0v) is 17.2. The molecule has 0 saturated carbocycles. The number of nitrogens with one attached hydrogen (secondary N) is 2. The molecule has 0 amide bonds. The van der Waals surface area contributed by atoms with Crippen LogP contribution in [-0.4, -0.2) is 34.3 Å². The normalized spacial score (nSPS) is 13.9. The van der Waals surface area contributed by atoms with Crippen LogP contribution in [0, 0.1) is 0 Å². The summed E-state index contributed by atoms with van der Waals surface area (Å²) in [7, 11) is 0. The maximum Gasteiger partial charge on any atom is 0.248 e. The molecule has 9 heteroatoms. The quantitative estimate of drug-likeness (QED) is 0.401. The van der Waals surface area contributed by atoms with Crippen molar-refractivity contribution >= 4 is 28.9 Å². The average Bonchev–Trinajstić information content (AvgIpc) is 3.36. The Balaban J connectivity index is 1.64. The summed E-state index contributed by atoms with van der Waals surface area (Å²) in [6.07, 6.45) is 0. The average molecular weight is 420 g/mol. The molecule has 0 aliphatic heterocycles. The van der Waals surface area contributed by atoms with Gasteiger partial charge in [0.15, 0.2) is 5.96 Å². The minimum Gasteiger partial charge on any atom is -0.383 e. The molecule has 3 aromatic rings. The van der Waals surface area contributed by atoms with Crippen LogP contribution in [0.1, 0.15) is 24.6 Å². The van der Waals surface area contributed by atoms with Gasteiger partial charge in [-0.15, -0.1) is 11.3 Å². The number of benzene rings is 1. The molecular formula is C19H22ClN5O2S. The zero-order chi connectivity index (χ0) is 20.0. The molecule has 2 heterocycles. The van der Waals surface area contributed by atoms with E-state index in [0.29, 0.717) is 35.8 Å². The van der Waals surface area contributed by atoms with Crippen molar-refractivity contribution in [3.8, 4) is 11.4 Å². The third-order valence-corrected chi connectivity index (χ3v) is 5.28. The van der Waals surface area contributed by atoms with Gasteiger partial charge in [-0.3, -0.25) is 0 Å². The summed E-state index contributed by atoms with van der Waals surface area (Å²) in [5.74, 6) is 1.41. The SMILES string of the molecule is CCNC(=NCc1nc(-c2cccc(Cl)c2)no1)NCC(C)(O)c1cccs1. The highest BCUT2D eigenvalue weighted by Crippen LogP contribution is 2.24. The van der Waals surface area contributed by atoms with E-state index < -0.39 is 5.60 Å². The number of aliphatic imine (C=N–C) groups is 1. The Morgan fingerprint density at radius 1 is 1.32 bits per heavy atom. The van der Waals surface area contributed by atoms with Crippen molar-refractivity contribution in [2.75, 3.05) is 13.1 Å². The molecule has 0 fully saturated rings. The van der Waals surface area contributed by atoms with Gasteiger partial charge in [0, 0.05) is 22.0 Å². The summed E-state index contributed by atoms with van der Waals surface area (Å²) >= 11 is 7.52. The molecule has 0 radical (unpaired) electrons. The van der Waals surface area contributed by atoms with Crippen LogP contribution in [0.4, 0.5) is 0 Å². The number of aromatic nitrogens is 2. The lowest BCUT2D eigenvalue weighted by Crippen LogP contribution is -2.44. The third-order valence-electron chi connectivity index (χ3n) is 3.92. The van der Waals surface area contributed by atoms with Crippen LogP contribution >= 0.6 is 22.9 Å². The van der Waals surface area contributed by atoms with Crippen molar-refractivity contribution < 1.29 is 9.63 Å². The fourth-order valence-corrected chi connectivity index (χ4v) is 3.46. The summed E-state index contributed by atoms with van der Waals surface area (Å²) < 4.78 is 5.28. The Kier molecular flexibility index (Phi) is 6.66. The highest BCUT2D eigenvalue weighted by Gasteiger charge is 2.24. The Morgan fingerprint density at radius 2 is 2.18 bits per heavy atom. The second-order valence-electron chi connectivity index (χ2n) is 6.32. The van der Waals surface area contributed by atoms with Crippen molar-refractivity contribution in [2.24, 2.45) is 4.99 Å². The Morgan fingerprint density at radius 3 is 2.89 bits per heavy atom. The maximum atomic E-state index is 10.6. The van der Waals surface area contributed by atoms with Crippen LogP contribution in [0.15, 0.2) is 51.3 Å². The van der Waals surface area contributed by atoms with Gasteiger partial charge in [0.1, 0.15) is 12.1 Å². The number of hydrogen-bond acceptors (Lipinski definition) is 6. The smallest absolute Gasteiger partial charge is 0.248 e. The fraction of sp³-hybridized carbons (Fsp3) is 0.316. The molecule has 0 bridgehead atoms. The van der Waals surface area contributed by atoms with Crippen molar-refractivity contribution in [1.82, 2.24) is 20.8 Å². The van der Waals surface area contributed by atoms with Gasteiger partial charge in [0.2, 0.25) is 11.7 Å². The van der Waals surface area contributed by atoms with E-state index in [-0.39, 0.29) is 6.54 Å². The highest BCUT2D eigenvalue weighted by atomic mass is 35.5. The molecule has 0 saturated heterocycles. The zero-order valence-electron chi connectivity index (χ0n) is 15.6. The summed E-state index contributed by atoms with van der Waals surface area (Å²) in [5, 5.41) is 23.5. The van der Waals surface area contributed by atoms with Crippen LogP contribution in [-0.2, 0) is 12.1 Å². The van der Waals surface area contributed by atoms with E-state index in [2.05, 4.69) is 25.8 Å². The van der Waals surface area contributed by atoms with Gasteiger partial charge >= 0.3 is 0 Å². The molecule has 3 rings (SSSR count). The molecule has 28 heavy (non-hydrogen) atoms. The van der Waals surface area contributed by atoms with Crippen LogP contribution in [0.5, 0.6) is 0 Å². The molecular weight excluding hydrogens is 398 g/mol. The predicted octanol–water partition coefficient (Wildman–Crippen LogP) is 3.41. The summed E-state index contributed by atoms with van der Waals surface area (Å²) in [6, 6.07) is 11.1. The lowest BCUT2D eigenvalue weighted by Gasteiger charge is -2.23. The van der Waals surface area contributed by atoms with Crippen molar-refractivity contribution in [1.29, 1.82) is 0 Å². The standard InChI is InChI=1S/C19H22ClN5O2S/c1-3-21-18(23-12-19(2,26)15-8-5-9-28-15)22-11-16-24-17(25-27-16)13-6-4-7-14(20)10-13/h4-10,26H,3,11-12H2,1-2H3,(H2,21,22,23). The molecule has 1 atom stereocenters. The second-order valence-corrected chi connectivity index (χ2v) is 7.71. The molecule has 1 unspecified atom stereocenters. The lowest BCUT2D eigenvalue weighted by atomic mass is 10.1. The first-order chi connectivity index (χ1) is 13.5. The Labute approximate surface area is 172 Å². The van der Waals surface area contributed by atoms with E-state index in [0.717, 1.165) is 10.4 Å². The molecule has 3 N–H and O–H groups in total. The van der Waals surface area contributed by atoms with E-state index >= 15 is 0 Å². The molecule has 1 aromatic carbocycles. The molecule has 148 valence electrons.